The fourth-order valence-electron chi connectivity index (χ4n) is 5.10. The Hall–Kier alpha value is -2.91. The second kappa shape index (κ2) is 10.5. The molecule has 0 aliphatic heterocycles. The normalized spacial score (nSPS) is 19.2. The Morgan fingerprint density at radius 2 is 1.84 bits per heavy atom. The summed E-state index contributed by atoms with van der Waals surface area (Å²) >= 11 is 9.48. The SMILES string of the molecule is CCn1c(=O)n(CC2CC2)c(=O)c2cc(C(=O)N[C@H]3CCC[C@H]3C(=O)Nc3ccc(Br)c(Cl)c3)ccc21. The molecule has 0 spiro atoms. The Balaban J connectivity index is 1.37. The van der Waals surface area contributed by atoms with E-state index < -0.39 is 0 Å². The maximum absolute atomic E-state index is 13.2. The second-order valence-electron chi connectivity index (χ2n) is 9.85. The van der Waals surface area contributed by atoms with Crippen molar-refractivity contribution >= 4 is 55.9 Å². The lowest BCUT2D eigenvalue weighted by Gasteiger charge is -2.21. The van der Waals surface area contributed by atoms with Crippen LogP contribution in [0.3, 0.4) is 0 Å². The Morgan fingerprint density at radius 3 is 2.54 bits per heavy atom. The zero-order valence-electron chi connectivity index (χ0n) is 20.4. The molecular formula is C27H28BrClN4O4. The minimum Gasteiger partial charge on any atom is -0.349 e. The molecule has 0 saturated heterocycles. The van der Waals surface area contributed by atoms with Crippen molar-refractivity contribution in [3.63, 3.8) is 0 Å². The van der Waals surface area contributed by atoms with Gasteiger partial charge in [0.25, 0.3) is 11.5 Å². The average molecular weight is 588 g/mol. The molecule has 10 heteroatoms. The molecule has 3 aromatic rings. The van der Waals surface area contributed by atoms with Crippen molar-refractivity contribution < 1.29 is 9.59 Å². The van der Waals surface area contributed by atoms with E-state index in [1.54, 1.807) is 41.0 Å². The third kappa shape index (κ3) is 5.25. The number of carbonyl (C=O) groups excluding carboxylic acids is 2. The van der Waals surface area contributed by atoms with E-state index in [-0.39, 0.29) is 35.0 Å². The van der Waals surface area contributed by atoms with Gasteiger partial charge in [0, 0.05) is 34.9 Å². The summed E-state index contributed by atoms with van der Waals surface area (Å²) in [6, 6.07) is 9.73. The van der Waals surface area contributed by atoms with Crippen molar-refractivity contribution in [2.24, 2.45) is 11.8 Å². The first kappa shape index (κ1) is 25.7. The van der Waals surface area contributed by atoms with Crippen molar-refractivity contribution in [3.05, 3.63) is 72.3 Å². The zero-order chi connectivity index (χ0) is 26.3. The number of fused-ring (bicyclic) bond motifs is 1. The maximum atomic E-state index is 13.2. The summed E-state index contributed by atoms with van der Waals surface area (Å²) in [5, 5.41) is 6.75. The molecule has 2 fully saturated rings. The van der Waals surface area contributed by atoms with Crippen LogP contribution in [0.25, 0.3) is 10.9 Å². The van der Waals surface area contributed by atoms with Gasteiger partial charge in [0.15, 0.2) is 0 Å². The molecular weight excluding hydrogens is 560 g/mol. The molecule has 2 aliphatic rings. The van der Waals surface area contributed by atoms with E-state index >= 15 is 0 Å². The van der Waals surface area contributed by atoms with Gasteiger partial charge in [-0.05, 0) is 90.9 Å². The van der Waals surface area contributed by atoms with Gasteiger partial charge in [-0.3, -0.25) is 23.5 Å². The van der Waals surface area contributed by atoms with Crippen LogP contribution in [0.1, 0.15) is 49.4 Å². The molecule has 0 unspecified atom stereocenters. The topological polar surface area (TPSA) is 102 Å². The summed E-state index contributed by atoms with van der Waals surface area (Å²) in [7, 11) is 0. The van der Waals surface area contributed by atoms with Crippen molar-refractivity contribution in [1.29, 1.82) is 0 Å². The van der Waals surface area contributed by atoms with Crippen molar-refractivity contribution in [2.75, 3.05) is 5.32 Å². The standard InChI is InChI=1S/C27H28BrClN4O4/c1-2-32-23-11-8-16(12-19(23)26(36)33(27(32)37)14-15-6-7-15)24(34)31-22-5-3-4-18(22)25(35)30-17-9-10-20(28)21(29)13-17/h8-13,15,18,22H,2-7,14H2,1H3,(H,30,35)(H,31,34)/t18-,22+/m1/s1. The van der Waals surface area contributed by atoms with Crippen LogP contribution in [0.5, 0.6) is 0 Å². The van der Waals surface area contributed by atoms with Gasteiger partial charge in [0.1, 0.15) is 0 Å². The monoisotopic (exact) mass is 586 g/mol. The maximum Gasteiger partial charge on any atom is 0.331 e. The first-order chi connectivity index (χ1) is 17.8. The lowest BCUT2D eigenvalue weighted by molar-refractivity contribution is -0.120. The number of amides is 2. The lowest BCUT2D eigenvalue weighted by atomic mass is 10.0. The number of benzene rings is 2. The highest BCUT2D eigenvalue weighted by molar-refractivity contribution is 9.10. The molecule has 2 saturated carbocycles. The summed E-state index contributed by atoms with van der Waals surface area (Å²) in [4.78, 5) is 52.3. The van der Waals surface area contributed by atoms with E-state index in [0.717, 1.165) is 23.7 Å². The molecule has 8 nitrogen and oxygen atoms in total. The van der Waals surface area contributed by atoms with Crippen molar-refractivity contribution in [1.82, 2.24) is 14.5 Å². The molecule has 2 amide bonds. The van der Waals surface area contributed by atoms with Gasteiger partial charge >= 0.3 is 5.69 Å². The first-order valence-corrected chi connectivity index (χ1v) is 13.8. The number of aryl methyl sites for hydroxylation is 1. The van der Waals surface area contributed by atoms with Gasteiger partial charge in [0.05, 0.1) is 21.8 Å². The molecule has 2 aromatic carbocycles. The zero-order valence-corrected chi connectivity index (χ0v) is 22.8. The van der Waals surface area contributed by atoms with E-state index in [0.29, 0.717) is 59.0 Å². The molecule has 5 rings (SSSR count). The summed E-state index contributed by atoms with van der Waals surface area (Å²) in [5.41, 5.74) is 0.768. The van der Waals surface area contributed by atoms with E-state index in [1.807, 2.05) is 6.92 Å². The summed E-state index contributed by atoms with van der Waals surface area (Å²) < 4.78 is 3.62. The third-order valence-electron chi connectivity index (χ3n) is 7.30. The number of nitrogens with one attached hydrogen (secondary N) is 2. The molecule has 2 aliphatic carbocycles. The van der Waals surface area contributed by atoms with Gasteiger partial charge < -0.3 is 10.6 Å². The van der Waals surface area contributed by atoms with Crippen LogP contribution in [0, 0.1) is 11.8 Å². The Kier molecular flexibility index (Phi) is 7.27. The predicted molar refractivity (Wildman–Crippen MR) is 147 cm³/mol. The van der Waals surface area contributed by atoms with Crippen LogP contribution < -0.4 is 21.9 Å². The van der Waals surface area contributed by atoms with Gasteiger partial charge in [-0.25, -0.2) is 4.79 Å². The quantitative estimate of drug-likeness (QED) is 0.424. The summed E-state index contributed by atoms with van der Waals surface area (Å²) in [6.45, 7) is 2.70. The largest absolute Gasteiger partial charge is 0.349 e. The lowest BCUT2D eigenvalue weighted by Crippen LogP contribution is -2.42. The molecule has 2 atom stereocenters. The van der Waals surface area contributed by atoms with Crippen LogP contribution >= 0.6 is 27.5 Å². The van der Waals surface area contributed by atoms with Gasteiger partial charge in [0.2, 0.25) is 5.91 Å². The number of nitrogens with zero attached hydrogens (tertiary/aromatic N) is 2. The molecule has 194 valence electrons. The minimum absolute atomic E-state index is 0.172. The number of aromatic nitrogens is 2. The van der Waals surface area contributed by atoms with Crippen LogP contribution in [0.4, 0.5) is 5.69 Å². The molecule has 1 aromatic heterocycles. The smallest absolute Gasteiger partial charge is 0.331 e. The van der Waals surface area contributed by atoms with Gasteiger partial charge in [-0.2, -0.15) is 0 Å². The fourth-order valence-corrected chi connectivity index (χ4v) is 5.52. The highest BCUT2D eigenvalue weighted by atomic mass is 79.9. The van der Waals surface area contributed by atoms with Crippen LogP contribution in [0.15, 0.2) is 50.5 Å². The number of rotatable bonds is 7. The van der Waals surface area contributed by atoms with Crippen LogP contribution in [-0.4, -0.2) is 27.0 Å². The fraction of sp³-hybridized carbons (Fsp3) is 0.407. The number of hydrogen-bond acceptors (Lipinski definition) is 4. The molecule has 0 radical (unpaired) electrons. The van der Waals surface area contributed by atoms with Gasteiger partial charge in [-0.15, -0.1) is 0 Å². The second-order valence-corrected chi connectivity index (χ2v) is 11.1. The van der Waals surface area contributed by atoms with E-state index in [4.69, 9.17) is 11.6 Å². The highest BCUT2D eigenvalue weighted by Gasteiger charge is 2.34. The summed E-state index contributed by atoms with van der Waals surface area (Å²) in [5.74, 6) is -0.540. The number of hydrogen-bond donors (Lipinski definition) is 2. The third-order valence-corrected chi connectivity index (χ3v) is 8.53. The van der Waals surface area contributed by atoms with E-state index in [9.17, 15) is 19.2 Å². The van der Waals surface area contributed by atoms with Crippen LogP contribution in [0.2, 0.25) is 5.02 Å². The van der Waals surface area contributed by atoms with E-state index in [2.05, 4.69) is 26.6 Å². The number of carbonyl (C=O) groups is 2. The molecule has 2 N–H and O–H groups in total. The Bertz CT molecular complexity index is 1510. The van der Waals surface area contributed by atoms with Crippen LogP contribution in [-0.2, 0) is 17.9 Å². The highest BCUT2D eigenvalue weighted by Crippen LogP contribution is 2.31. The molecule has 0 bridgehead atoms. The van der Waals surface area contributed by atoms with Gasteiger partial charge in [-0.1, -0.05) is 18.0 Å². The summed E-state index contributed by atoms with van der Waals surface area (Å²) in [6.07, 6.45) is 4.19. The van der Waals surface area contributed by atoms with Crippen molar-refractivity contribution in [3.8, 4) is 0 Å². The van der Waals surface area contributed by atoms with Crippen molar-refractivity contribution in [2.45, 2.75) is 58.2 Å². The first-order valence-electron chi connectivity index (χ1n) is 12.6. The Labute approximate surface area is 227 Å². The Morgan fingerprint density at radius 1 is 1.05 bits per heavy atom. The average Bonchev–Trinajstić information content (AvgIpc) is 3.59. The minimum atomic E-state index is -0.382. The molecule has 37 heavy (non-hydrogen) atoms. The number of halogens is 2. The molecule has 1 heterocycles. The predicted octanol–water partition coefficient (Wildman–Crippen LogP) is 4.55. The number of anilines is 1. The van der Waals surface area contributed by atoms with E-state index in [1.165, 1.54) is 4.57 Å².